The van der Waals surface area contributed by atoms with Crippen molar-refractivity contribution in [3.05, 3.63) is 68.7 Å². The maximum absolute atomic E-state index is 13.2. The zero-order chi connectivity index (χ0) is 27.3. The lowest BCUT2D eigenvalue weighted by atomic mass is 9.78. The second-order valence-electron chi connectivity index (χ2n) is 7.60. The molecule has 2 N–H and O–H groups in total. The van der Waals surface area contributed by atoms with Crippen LogP contribution in [0.1, 0.15) is 17.0 Å². The number of nitrogens with zero attached hydrogens (tertiary/aromatic N) is 1. The van der Waals surface area contributed by atoms with Gasteiger partial charge < -0.3 is 20.1 Å². The van der Waals surface area contributed by atoms with Crippen LogP contribution >= 0.6 is 27.7 Å². The molecule has 0 saturated heterocycles. The van der Waals surface area contributed by atoms with Gasteiger partial charge in [-0.05, 0) is 45.8 Å². The topological polar surface area (TPSA) is 118 Å². The zero-order valence-corrected chi connectivity index (χ0v) is 21.7. The summed E-state index contributed by atoms with van der Waals surface area (Å²) in [5, 5.41) is 14.6. The summed E-state index contributed by atoms with van der Waals surface area (Å²) >= 11 is 4.09. The standard InChI is InChI=1S/C24H19BrF3N3O5S/c1-35-17-8-7-12(9-15(17)25)19-13(10-29)22(31-21(33)20(19)23(34)36-2)37-11-18(32)30-16-6-4-3-5-14(16)24(26,27)28/h3-9,19-20H,11H2,1-2H3,(H,30,32)(H,31,33)/t19-,20-/m1/s1. The van der Waals surface area contributed by atoms with Crippen molar-refractivity contribution in [2.75, 3.05) is 25.3 Å². The number of methoxy groups -OCH3 is 2. The molecule has 1 heterocycles. The molecule has 1 aliphatic heterocycles. The van der Waals surface area contributed by atoms with E-state index in [-0.39, 0.29) is 10.6 Å². The normalized spacial score (nSPS) is 17.5. The summed E-state index contributed by atoms with van der Waals surface area (Å²) in [6, 6.07) is 11.3. The summed E-state index contributed by atoms with van der Waals surface area (Å²) in [7, 11) is 2.57. The number of rotatable bonds is 7. The molecule has 2 aromatic carbocycles. The first-order chi connectivity index (χ1) is 17.5. The number of benzene rings is 2. The average molecular weight is 598 g/mol. The van der Waals surface area contributed by atoms with E-state index in [0.29, 0.717) is 15.8 Å². The molecule has 0 aromatic heterocycles. The summed E-state index contributed by atoms with van der Waals surface area (Å²) in [6.45, 7) is 0. The van der Waals surface area contributed by atoms with E-state index >= 15 is 0 Å². The van der Waals surface area contributed by atoms with Gasteiger partial charge in [-0.15, -0.1) is 0 Å². The number of carbonyl (C=O) groups is 3. The van der Waals surface area contributed by atoms with Crippen molar-refractivity contribution in [2.24, 2.45) is 5.92 Å². The summed E-state index contributed by atoms with van der Waals surface area (Å²) < 4.78 is 50.2. The van der Waals surface area contributed by atoms with Crippen LogP contribution in [-0.2, 0) is 25.3 Å². The molecule has 0 unspecified atom stereocenters. The van der Waals surface area contributed by atoms with Gasteiger partial charge in [-0.25, -0.2) is 0 Å². The number of nitrogens with one attached hydrogen (secondary N) is 2. The maximum Gasteiger partial charge on any atom is 0.418 e. The van der Waals surface area contributed by atoms with Gasteiger partial charge in [0.15, 0.2) is 0 Å². The lowest BCUT2D eigenvalue weighted by Gasteiger charge is -2.31. The van der Waals surface area contributed by atoms with Gasteiger partial charge in [-0.2, -0.15) is 18.4 Å². The number of alkyl halides is 3. The predicted molar refractivity (Wildman–Crippen MR) is 132 cm³/mol. The van der Waals surface area contributed by atoms with E-state index in [1.807, 2.05) is 6.07 Å². The number of amides is 2. The maximum atomic E-state index is 13.2. The minimum absolute atomic E-state index is 0.00356. The molecule has 0 aliphatic carbocycles. The average Bonchev–Trinajstić information content (AvgIpc) is 2.86. The van der Waals surface area contributed by atoms with Crippen molar-refractivity contribution < 1.29 is 37.0 Å². The Bertz CT molecular complexity index is 1310. The van der Waals surface area contributed by atoms with Gasteiger partial charge in [0.1, 0.15) is 11.7 Å². The molecule has 2 amide bonds. The third-order valence-electron chi connectivity index (χ3n) is 5.37. The van der Waals surface area contributed by atoms with Crippen LogP contribution in [0.5, 0.6) is 5.75 Å². The monoisotopic (exact) mass is 597 g/mol. The number of thioether (sulfide) groups is 1. The molecular formula is C24H19BrF3N3O5S. The van der Waals surface area contributed by atoms with Crippen molar-refractivity contribution in [2.45, 2.75) is 12.1 Å². The van der Waals surface area contributed by atoms with Crippen LogP contribution in [-0.4, -0.2) is 37.8 Å². The van der Waals surface area contributed by atoms with Gasteiger partial charge in [0.2, 0.25) is 11.8 Å². The fourth-order valence-electron chi connectivity index (χ4n) is 3.72. The van der Waals surface area contributed by atoms with E-state index in [0.717, 1.165) is 31.0 Å². The van der Waals surface area contributed by atoms with Crippen LogP contribution in [0.4, 0.5) is 18.9 Å². The summed E-state index contributed by atoms with van der Waals surface area (Å²) in [5.41, 5.74) is -1.02. The Morgan fingerprint density at radius 2 is 1.92 bits per heavy atom. The molecule has 8 nitrogen and oxygen atoms in total. The van der Waals surface area contributed by atoms with Crippen LogP contribution in [0.3, 0.4) is 0 Å². The van der Waals surface area contributed by atoms with E-state index in [1.54, 1.807) is 18.2 Å². The summed E-state index contributed by atoms with van der Waals surface area (Å²) in [6.07, 6.45) is -4.67. The number of ether oxygens (including phenoxy) is 2. The first-order valence-corrected chi connectivity index (χ1v) is 12.2. The van der Waals surface area contributed by atoms with Crippen LogP contribution in [0.2, 0.25) is 0 Å². The molecule has 2 aromatic rings. The van der Waals surface area contributed by atoms with Gasteiger partial charge in [-0.1, -0.05) is 30.0 Å². The van der Waals surface area contributed by atoms with Crippen LogP contribution in [0, 0.1) is 17.2 Å². The van der Waals surface area contributed by atoms with Crippen molar-refractivity contribution in [1.82, 2.24) is 5.32 Å². The molecule has 2 atom stereocenters. The molecule has 0 saturated carbocycles. The molecule has 0 spiro atoms. The number of para-hydroxylation sites is 1. The van der Waals surface area contributed by atoms with Crippen LogP contribution in [0.25, 0.3) is 0 Å². The second kappa shape index (κ2) is 11.7. The largest absolute Gasteiger partial charge is 0.496 e. The van der Waals surface area contributed by atoms with E-state index < -0.39 is 52.8 Å². The SMILES string of the molecule is COC(=O)[C@H]1C(=O)NC(SCC(=O)Nc2ccccc2C(F)(F)F)=C(C#N)[C@H]1c1ccc(OC)c(Br)c1. The zero-order valence-electron chi connectivity index (χ0n) is 19.3. The molecule has 0 radical (unpaired) electrons. The smallest absolute Gasteiger partial charge is 0.418 e. The Morgan fingerprint density at radius 3 is 2.51 bits per heavy atom. The Morgan fingerprint density at radius 1 is 1.22 bits per heavy atom. The van der Waals surface area contributed by atoms with Gasteiger partial charge in [0, 0.05) is 5.92 Å². The molecule has 37 heavy (non-hydrogen) atoms. The molecule has 0 bridgehead atoms. The van der Waals surface area contributed by atoms with Gasteiger partial charge >= 0.3 is 12.1 Å². The molecule has 0 fully saturated rings. The number of allylic oxidation sites excluding steroid dienone is 1. The highest BCUT2D eigenvalue weighted by Crippen LogP contribution is 2.42. The number of esters is 1. The van der Waals surface area contributed by atoms with Crippen LogP contribution < -0.4 is 15.4 Å². The van der Waals surface area contributed by atoms with Crippen molar-refractivity contribution in [3.63, 3.8) is 0 Å². The minimum atomic E-state index is -4.67. The third-order valence-corrected chi connectivity index (χ3v) is 7.01. The molecule has 1 aliphatic rings. The second-order valence-corrected chi connectivity index (χ2v) is 9.44. The Hall–Kier alpha value is -3.50. The quantitative estimate of drug-likeness (QED) is 0.354. The van der Waals surface area contributed by atoms with E-state index in [4.69, 9.17) is 9.47 Å². The Balaban J connectivity index is 1.93. The van der Waals surface area contributed by atoms with Crippen LogP contribution in [0.15, 0.2) is 57.5 Å². The summed E-state index contributed by atoms with van der Waals surface area (Å²) in [4.78, 5) is 37.9. The first-order valence-electron chi connectivity index (χ1n) is 10.5. The van der Waals surface area contributed by atoms with E-state index in [1.165, 1.54) is 19.2 Å². The van der Waals surface area contributed by atoms with E-state index in [2.05, 4.69) is 26.6 Å². The fraction of sp³-hybridized carbons (Fsp3) is 0.250. The van der Waals surface area contributed by atoms with Gasteiger partial charge in [0.25, 0.3) is 0 Å². The van der Waals surface area contributed by atoms with Crippen molar-refractivity contribution in [3.8, 4) is 11.8 Å². The first kappa shape index (κ1) is 28.1. The lowest BCUT2D eigenvalue weighted by molar-refractivity contribution is -0.150. The van der Waals surface area contributed by atoms with Crippen molar-refractivity contribution in [1.29, 1.82) is 5.26 Å². The fourth-order valence-corrected chi connectivity index (χ4v) is 5.13. The highest BCUT2D eigenvalue weighted by atomic mass is 79.9. The number of hydrogen-bond donors (Lipinski definition) is 2. The van der Waals surface area contributed by atoms with Gasteiger partial charge in [-0.3, -0.25) is 14.4 Å². The number of hydrogen-bond acceptors (Lipinski definition) is 7. The summed E-state index contributed by atoms with van der Waals surface area (Å²) in [5.74, 6) is -4.80. The number of halogens is 4. The highest BCUT2D eigenvalue weighted by molar-refractivity contribution is 9.10. The molecule has 194 valence electrons. The third kappa shape index (κ3) is 6.26. The van der Waals surface area contributed by atoms with E-state index in [9.17, 15) is 32.8 Å². The molecule has 3 rings (SSSR count). The van der Waals surface area contributed by atoms with Crippen molar-refractivity contribution >= 4 is 51.2 Å². The Labute approximate surface area is 222 Å². The molecule has 13 heteroatoms. The predicted octanol–water partition coefficient (Wildman–Crippen LogP) is 4.59. The number of nitriles is 1. The lowest BCUT2D eigenvalue weighted by Crippen LogP contribution is -2.44. The number of carbonyl (C=O) groups excluding carboxylic acids is 3. The highest BCUT2D eigenvalue weighted by Gasteiger charge is 2.44. The minimum Gasteiger partial charge on any atom is -0.496 e. The number of anilines is 1. The van der Waals surface area contributed by atoms with Gasteiger partial charge in [0.05, 0.1) is 52.4 Å². The molecular weight excluding hydrogens is 579 g/mol. The Kier molecular flexibility index (Phi) is 8.88.